The number of carbonyl (C=O) groups is 1. The van der Waals surface area contributed by atoms with Crippen LogP contribution in [0, 0.1) is 0 Å². The largest absolute Gasteiger partial charge is 0.496 e. The van der Waals surface area contributed by atoms with E-state index < -0.39 is 12.0 Å². The fraction of sp³-hybridized carbons (Fsp3) is 0.261. The smallest absolute Gasteiger partial charge is 0.338 e. The molecule has 3 aromatic rings. The van der Waals surface area contributed by atoms with Crippen LogP contribution in [0.15, 0.2) is 63.4 Å². The number of esters is 1. The minimum atomic E-state index is -0.785. The summed E-state index contributed by atoms with van der Waals surface area (Å²) in [6.45, 7) is 5.29. The first kappa shape index (κ1) is 25.2. The van der Waals surface area contributed by atoms with Crippen LogP contribution in [0.3, 0.4) is 0 Å². The molecule has 1 aliphatic heterocycles. The maximum Gasteiger partial charge on any atom is 0.338 e. The van der Waals surface area contributed by atoms with Crippen LogP contribution in [0.5, 0.6) is 5.75 Å². The maximum absolute atomic E-state index is 13.7. The second-order valence-electron chi connectivity index (χ2n) is 7.69. The Bertz CT molecular complexity index is 1480. The van der Waals surface area contributed by atoms with Crippen molar-refractivity contribution in [2.45, 2.75) is 32.9 Å². The van der Waals surface area contributed by atoms with Crippen LogP contribution in [0.4, 0.5) is 0 Å². The lowest BCUT2D eigenvalue weighted by Gasteiger charge is -2.26. The highest BCUT2D eigenvalue weighted by atomic mass is 79.9. The van der Waals surface area contributed by atoms with Gasteiger partial charge >= 0.3 is 5.97 Å². The zero-order valence-electron chi connectivity index (χ0n) is 18.5. The lowest BCUT2D eigenvalue weighted by molar-refractivity contribution is -0.143. The number of benzene rings is 1. The molecule has 0 unspecified atom stereocenters. The fourth-order valence-corrected chi connectivity index (χ4v) is 5.65. The molecule has 178 valence electrons. The number of carbonyl (C=O) groups excluding carboxylic acids is 1. The molecule has 11 heteroatoms. The summed E-state index contributed by atoms with van der Waals surface area (Å²) >= 11 is 11.4. The first-order valence-electron chi connectivity index (χ1n) is 10.1. The summed E-state index contributed by atoms with van der Waals surface area (Å²) in [5.41, 5.74) is 1.10. The highest BCUT2D eigenvalue weighted by molar-refractivity contribution is 9.13. The van der Waals surface area contributed by atoms with Crippen molar-refractivity contribution in [3.8, 4) is 5.75 Å². The van der Waals surface area contributed by atoms with Gasteiger partial charge in [0.15, 0.2) is 9.47 Å². The second kappa shape index (κ2) is 9.96. The van der Waals surface area contributed by atoms with E-state index in [4.69, 9.17) is 13.9 Å². The predicted molar refractivity (Wildman–Crippen MR) is 140 cm³/mol. The SMILES string of the molecule is COc1ccc(Br)cc1[C@H]1C(C(=O)OC(C)C)=C(C)N=c2s/c(=C\c3cc(Br)c(Br)o3)c(=O)n21. The number of furan rings is 1. The van der Waals surface area contributed by atoms with Gasteiger partial charge < -0.3 is 13.9 Å². The molecule has 2 aromatic heterocycles. The van der Waals surface area contributed by atoms with E-state index in [1.807, 2.05) is 12.1 Å². The van der Waals surface area contributed by atoms with Crippen molar-refractivity contribution < 1.29 is 18.7 Å². The highest BCUT2D eigenvalue weighted by Gasteiger charge is 2.35. The Morgan fingerprint density at radius 1 is 1.26 bits per heavy atom. The molecule has 0 fully saturated rings. The minimum Gasteiger partial charge on any atom is -0.496 e. The number of nitrogens with zero attached hydrogens (tertiary/aromatic N) is 2. The number of thiazole rings is 1. The zero-order chi connectivity index (χ0) is 24.7. The molecule has 0 spiro atoms. The summed E-state index contributed by atoms with van der Waals surface area (Å²) in [6.07, 6.45) is 1.32. The van der Waals surface area contributed by atoms with Crippen molar-refractivity contribution >= 4 is 71.2 Å². The average Bonchev–Trinajstić information content (AvgIpc) is 3.24. The van der Waals surface area contributed by atoms with Gasteiger partial charge in [0.25, 0.3) is 5.56 Å². The molecule has 0 radical (unpaired) electrons. The molecule has 0 amide bonds. The van der Waals surface area contributed by atoms with E-state index in [1.165, 1.54) is 15.9 Å². The van der Waals surface area contributed by atoms with E-state index in [0.29, 0.717) is 36.8 Å². The quantitative estimate of drug-likeness (QED) is 0.353. The Balaban J connectivity index is 2.01. The Kier molecular flexibility index (Phi) is 7.37. The molecular formula is C23H19Br3N2O5S. The van der Waals surface area contributed by atoms with Crippen LogP contribution in [0.2, 0.25) is 0 Å². The van der Waals surface area contributed by atoms with E-state index in [-0.39, 0.29) is 17.2 Å². The monoisotopic (exact) mass is 672 g/mol. The molecule has 0 N–H and O–H groups in total. The Labute approximate surface area is 224 Å². The first-order valence-corrected chi connectivity index (χ1v) is 13.3. The average molecular weight is 675 g/mol. The van der Waals surface area contributed by atoms with Crippen molar-refractivity contribution in [2.75, 3.05) is 7.11 Å². The van der Waals surface area contributed by atoms with Crippen molar-refractivity contribution in [1.82, 2.24) is 4.57 Å². The fourth-order valence-electron chi connectivity index (χ4n) is 3.64. The maximum atomic E-state index is 13.7. The van der Waals surface area contributed by atoms with E-state index in [9.17, 15) is 9.59 Å². The molecule has 3 heterocycles. The molecule has 34 heavy (non-hydrogen) atoms. The number of ether oxygens (including phenoxy) is 2. The highest BCUT2D eigenvalue weighted by Crippen LogP contribution is 2.37. The Morgan fingerprint density at radius 2 is 2.00 bits per heavy atom. The Hall–Kier alpha value is -1.95. The molecular weight excluding hydrogens is 656 g/mol. The molecule has 1 atom stereocenters. The van der Waals surface area contributed by atoms with Crippen molar-refractivity contribution in [2.24, 2.45) is 4.99 Å². The summed E-state index contributed by atoms with van der Waals surface area (Å²) in [4.78, 5) is 31.9. The zero-order valence-corrected chi connectivity index (χ0v) is 24.1. The molecule has 7 nitrogen and oxygen atoms in total. The number of hydrogen-bond acceptors (Lipinski definition) is 7. The van der Waals surface area contributed by atoms with Crippen molar-refractivity contribution in [3.05, 3.63) is 80.2 Å². The van der Waals surface area contributed by atoms with Crippen LogP contribution in [0.25, 0.3) is 6.08 Å². The Morgan fingerprint density at radius 3 is 2.62 bits per heavy atom. The van der Waals surface area contributed by atoms with Gasteiger partial charge in [0.1, 0.15) is 17.6 Å². The molecule has 0 bridgehead atoms. The molecule has 0 aliphatic carbocycles. The third-order valence-corrected chi connectivity index (χ3v) is 8.19. The van der Waals surface area contributed by atoms with Crippen LogP contribution in [-0.2, 0) is 9.53 Å². The van der Waals surface area contributed by atoms with E-state index in [1.54, 1.807) is 46.1 Å². The van der Waals surface area contributed by atoms with E-state index in [2.05, 4.69) is 52.8 Å². The van der Waals surface area contributed by atoms with Crippen LogP contribution in [0.1, 0.15) is 38.1 Å². The number of halogens is 3. The molecule has 1 aliphatic rings. The minimum absolute atomic E-state index is 0.285. The van der Waals surface area contributed by atoms with Crippen molar-refractivity contribution in [3.63, 3.8) is 0 Å². The van der Waals surface area contributed by atoms with Crippen LogP contribution >= 0.6 is 59.1 Å². The van der Waals surface area contributed by atoms with Gasteiger partial charge in [-0.2, -0.15) is 0 Å². The number of methoxy groups -OCH3 is 1. The van der Waals surface area contributed by atoms with Gasteiger partial charge in [0.2, 0.25) is 0 Å². The van der Waals surface area contributed by atoms with Gasteiger partial charge in [-0.1, -0.05) is 27.3 Å². The van der Waals surface area contributed by atoms with Gasteiger partial charge in [-0.25, -0.2) is 9.79 Å². The summed E-state index contributed by atoms with van der Waals surface area (Å²) in [5.74, 6) is 0.499. The van der Waals surface area contributed by atoms with Crippen LogP contribution in [-0.4, -0.2) is 23.8 Å². The molecule has 1 aromatic carbocycles. The summed E-state index contributed by atoms with van der Waals surface area (Å²) in [7, 11) is 1.55. The van der Waals surface area contributed by atoms with Gasteiger partial charge in [-0.15, -0.1) is 0 Å². The van der Waals surface area contributed by atoms with Crippen molar-refractivity contribution in [1.29, 1.82) is 0 Å². The third kappa shape index (κ3) is 4.75. The number of aromatic nitrogens is 1. The van der Waals surface area contributed by atoms with Gasteiger partial charge in [0.05, 0.1) is 33.5 Å². The van der Waals surface area contributed by atoms with Gasteiger partial charge in [0, 0.05) is 16.1 Å². The standard InChI is InChI=1S/C23H19Br3N2O5S/c1-10(2)32-22(30)18-11(3)27-23-28(19(18)14-7-12(24)5-6-16(14)31-4)21(29)17(34-23)9-13-8-15(25)20(26)33-13/h5-10,19H,1-4H3/b17-9-/t19-/m0/s1. The number of fused-ring (bicyclic) bond motifs is 1. The molecule has 0 saturated carbocycles. The predicted octanol–water partition coefficient (Wildman–Crippen LogP) is 5.08. The molecule has 0 saturated heterocycles. The molecule has 4 rings (SSSR count). The van der Waals surface area contributed by atoms with Gasteiger partial charge in [-0.3, -0.25) is 9.36 Å². The summed E-state index contributed by atoms with van der Waals surface area (Å²) in [6, 6.07) is 6.43. The second-order valence-corrected chi connectivity index (χ2v) is 11.2. The number of hydrogen-bond donors (Lipinski definition) is 0. The van der Waals surface area contributed by atoms with Gasteiger partial charge in [-0.05, 0) is 76.9 Å². The van der Waals surface area contributed by atoms with Crippen LogP contribution < -0.4 is 19.6 Å². The first-order chi connectivity index (χ1) is 16.1. The van der Waals surface area contributed by atoms with E-state index in [0.717, 1.165) is 8.95 Å². The summed E-state index contributed by atoms with van der Waals surface area (Å²) in [5, 5.41) is 0. The third-order valence-electron chi connectivity index (χ3n) is 5.01. The topological polar surface area (TPSA) is 83.0 Å². The lowest BCUT2D eigenvalue weighted by atomic mass is 9.95. The number of allylic oxidation sites excluding steroid dienone is 1. The summed E-state index contributed by atoms with van der Waals surface area (Å²) < 4.78 is 20.7. The normalized spacial score (nSPS) is 16.0. The van der Waals surface area contributed by atoms with E-state index >= 15 is 0 Å². The lowest BCUT2D eigenvalue weighted by Crippen LogP contribution is -2.40. The number of rotatable bonds is 5.